The van der Waals surface area contributed by atoms with Crippen LogP contribution >= 0.6 is 11.3 Å². The highest BCUT2D eigenvalue weighted by Gasteiger charge is 2.27. The van der Waals surface area contributed by atoms with E-state index in [1.807, 2.05) is 11.3 Å². The van der Waals surface area contributed by atoms with E-state index in [2.05, 4.69) is 12.2 Å². The summed E-state index contributed by atoms with van der Waals surface area (Å²) in [6.07, 6.45) is 9.08. The Bertz CT molecular complexity index is 345. The molecule has 1 unspecified atom stereocenters. The predicted octanol–water partition coefficient (Wildman–Crippen LogP) is 3.23. The van der Waals surface area contributed by atoms with E-state index in [-0.39, 0.29) is 0 Å². The van der Waals surface area contributed by atoms with E-state index < -0.39 is 0 Å². The van der Waals surface area contributed by atoms with Gasteiger partial charge in [0.2, 0.25) is 0 Å². The van der Waals surface area contributed by atoms with Gasteiger partial charge in [0.15, 0.2) is 0 Å². The molecule has 16 heavy (non-hydrogen) atoms. The molecule has 0 saturated heterocycles. The second-order valence-electron chi connectivity index (χ2n) is 5.03. The number of rotatable bonds is 4. The molecule has 0 aromatic carbocycles. The van der Waals surface area contributed by atoms with Crippen molar-refractivity contribution in [1.29, 1.82) is 0 Å². The van der Waals surface area contributed by atoms with Gasteiger partial charge in [-0.3, -0.25) is 0 Å². The molecule has 1 heterocycles. The number of aromatic nitrogens is 1. The van der Waals surface area contributed by atoms with Gasteiger partial charge < -0.3 is 5.32 Å². The summed E-state index contributed by atoms with van der Waals surface area (Å²) < 4.78 is 0. The SMILES string of the molecule is CCC(NC1CC1)c1nc2c(s1)CCCC2. The van der Waals surface area contributed by atoms with Gasteiger partial charge >= 0.3 is 0 Å². The lowest BCUT2D eigenvalue weighted by molar-refractivity contribution is 0.512. The molecule has 0 aliphatic heterocycles. The van der Waals surface area contributed by atoms with E-state index in [9.17, 15) is 0 Å². The monoisotopic (exact) mass is 236 g/mol. The molecular formula is C13H20N2S. The van der Waals surface area contributed by atoms with Gasteiger partial charge in [0.05, 0.1) is 11.7 Å². The quantitative estimate of drug-likeness (QED) is 0.868. The summed E-state index contributed by atoms with van der Waals surface area (Å²) in [6.45, 7) is 2.26. The lowest BCUT2D eigenvalue weighted by Gasteiger charge is -2.13. The van der Waals surface area contributed by atoms with E-state index in [0.717, 1.165) is 6.04 Å². The molecule has 2 nitrogen and oxygen atoms in total. The van der Waals surface area contributed by atoms with Crippen LogP contribution in [0, 0.1) is 0 Å². The van der Waals surface area contributed by atoms with Crippen LogP contribution in [-0.2, 0) is 12.8 Å². The molecule has 1 atom stereocenters. The largest absolute Gasteiger partial charge is 0.305 e. The number of hydrogen-bond donors (Lipinski definition) is 1. The molecule has 1 saturated carbocycles. The zero-order chi connectivity index (χ0) is 11.0. The third-order valence-corrected chi connectivity index (χ3v) is 4.85. The van der Waals surface area contributed by atoms with E-state index in [4.69, 9.17) is 4.98 Å². The van der Waals surface area contributed by atoms with E-state index >= 15 is 0 Å². The second kappa shape index (κ2) is 4.46. The fraction of sp³-hybridized carbons (Fsp3) is 0.769. The van der Waals surface area contributed by atoms with Gasteiger partial charge in [-0.2, -0.15) is 0 Å². The lowest BCUT2D eigenvalue weighted by atomic mass is 10.0. The van der Waals surface area contributed by atoms with Crippen molar-refractivity contribution in [3.63, 3.8) is 0 Å². The molecule has 3 heteroatoms. The molecular weight excluding hydrogens is 216 g/mol. The van der Waals surface area contributed by atoms with Crippen LogP contribution in [0.3, 0.4) is 0 Å². The Labute approximate surface area is 101 Å². The van der Waals surface area contributed by atoms with Crippen LogP contribution in [0.2, 0.25) is 0 Å². The van der Waals surface area contributed by atoms with Gasteiger partial charge in [-0.25, -0.2) is 4.98 Å². The molecule has 0 amide bonds. The third kappa shape index (κ3) is 2.16. The highest BCUT2D eigenvalue weighted by atomic mass is 32.1. The zero-order valence-corrected chi connectivity index (χ0v) is 10.8. The van der Waals surface area contributed by atoms with Crippen LogP contribution in [0.5, 0.6) is 0 Å². The van der Waals surface area contributed by atoms with Crippen molar-refractivity contribution < 1.29 is 0 Å². The summed E-state index contributed by atoms with van der Waals surface area (Å²) in [4.78, 5) is 6.43. The highest BCUT2D eigenvalue weighted by Crippen LogP contribution is 2.32. The molecule has 2 aliphatic rings. The average Bonchev–Trinajstić information content (AvgIpc) is 3.02. The van der Waals surface area contributed by atoms with Crippen LogP contribution < -0.4 is 5.32 Å². The van der Waals surface area contributed by atoms with Crippen molar-refractivity contribution in [2.45, 2.75) is 64.0 Å². The van der Waals surface area contributed by atoms with E-state index in [1.54, 1.807) is 4.88 Å². The molecule has 1 aromatic rings. The summed E-state index contributed by atoms with van der Waals surface area (Å²) in [7, 11) is 0. The summed E-state index contributed by atoms with van der Waals surface area (Å²) in [5.74, 6) is 0. The Kier molecular flexibility index (Phi) is 2.99. The molecule has 1 N–H and O–H groups in total. The summed E-state index contributed by atoms with van der Waals surface area (Å²) in [5.41, 5.74) is 1.40. The molecule has 0 bridgehead atoms. The number of hydrogen-bond acceptors (Lipinski definition) is 3. The third-order valence-electron chi connectivity index (χ3n) is 3.58. The van der Waals surface area contributed by atoms with Crippen LogP contribution in [0.25, 0.3) is 0 Å². The van der Waals surface area contributed by atoms with Crippen LogP contribution in [0.4, 0.5) is 0 Å². The minimum Gasteiger partial charge on any atom is -0.305 e. The fourth-order valence-electron chi connectivity index (χ4n) is 2.42. The standard InChI is InChI=1S/C13H20N2S/c1-2-10(14-9-7-8-9)13-15-11-5-3-4-6-12(11)16-13/h9-10,14H,2-8H2,1H3. The van der Waals surface area contributed by atoms with E-state index in [0.29, 0.717) is 6.04 Å². The van der Waals surface area contributed by atoms with Crippen LogP contribution in [0.15, 0.2) is 0 Å². The minimum atomic E-state index is 0.517. The number of nitrogens with one attached hydrogen (secondary N) is 1. The summed E-state index contributed by atoms with van der Waals surface area (Å²) in [6, 6.07) is 1.30. The number of aryl methyl sites for hydroxylation is 2. The molecule has 1 aromatic heterocycles. The minimum absolute atomic E-state index is 0.517. The molecule has 0 spiro atoms. The molecule has 2 aliphatic carbocycles. The Morgan fingerprint density at radius 3 is 2.88 bits per heavy atom. The molecule has 88 valence electrons. The maximum Gasteiger partial charge on any atom is 0.110 e. The van der Waals surface area contributed by atoms with Crippen molar-refractivity contribution in [2.24, 2.45) is 0 Å². The topological polar surface area (TPSA) is 24.9 Å². The highest BCUT2D eigenvalue weighted by molar-refractivity contribution is 7.11. The first-order chi connectivity index (χ1) is 7.86. The van der Waals surface area contributed by atoms with Gasteiger partial charge in [0, 0.05) is 10.9 Å². The number of thiazole rings is 1. The summed E-state index contributed by atoms with van der Waals surface area (Å²) in [5, 5.41) is 5.06. The predicted molar refractivity (Wildman–Crippen MR) is 67.9 cm³/mol. The van der Waals surface area contributed by atoms with Crippen molar-refractivity contribution >= 4 is 11.3 Å². The van der Waals surface area contributed by atoms with Crippen molar-refractivity contribution in [2.75, 3.05) is 0 Å². The fourth-order valence-corrected chi connectivity index (χ4v) is 3.72. The normalized spacial score (nSPS) is 21.8. The van der Waals surface area contributed by atoms with Gasteiger partial charge in [0.1, 0.15) is 5.01 Å². The van der Waals surface area contributed by atoms with Crippen LogP contribution in [-0.4, -0.2) is 11.0 Å². The first-order valence-electron chi connectivity index (χ1n) is 6.61. The van der Waals surface area contributed by atoms with Crippen molar-refractivity contribution in [3.8, 4) is 0 Å². The van der Waals surface area contributed by atoms with Gasteiger partial charge in [-0.15, -0.1) is 11.3 Å². The second-order valence-corrected chi connectivity index (χ2v) is 6.15. The van der Waals surface area contributed by atoms with Gasteiger partial charge in [-0.1, -0.05) is 6.92 Å². The molecule has 1 fully saturated rings. The number of nitrogens with zero attached hydrogens (tertiary/aromatic N) is 1. The Balaban J connectivity index is 1.77. The van der Waals surface area contributed by atoms with Crippen LogP contribution in [0.1, 0.15) is 60.6 Å². The van der Waals surface area contributed by atoms with Gasteiger partial charge in [0.25, 0.3) is 0 Å². The average molecular weight is 236 g/mol. The maximum absolute atomic E-state index is 4.86. The van der Waals surface area contributed by atoms with Crippen molar-refractivity contribution in [3.05, 3.63) is 15.6 Å². The molecule has 0 radical (unpaired) electrons. The Morgan fingerprint density at radius 2 is 2.19 bits per heavy atom. The first-order valence-corrected chi connectivity index (χ1v) is 7.43. The zero-order valence-electron chi connectivity index (χ0n) is 9.96. The van der Waals surface area contributed by atoms with Crippen molar-refractivity contribution in [1.82, 2.24) is 10.3 Å². The van der Waals surface area contributed by atoms with E-state index in [1.165, 1.54) is 55.6 Å². The first kappa shape index (κ1) is 10.7. The van der Waals surface area contributed by atoms with Gasteiger partial charge in [-0.05, 0) is 44.9 Å². The molecule has 3 rings (SSSR count). The lowest BCUT2D eigenvalue weighted by Crippen LogP contribution is -2.22. The summed E-state index contributed by atoms with van der Waals surface area (Å²) >= 11 is 1.96. The smallest absolute Gasteiger partial charge is 0.110 e. The number of fused-ring (bicyclic) bond motifs is 1. The maximum atomic E-state index is 4.86. The Hall–Kier alpha value is -0.410. The Morgan fingerprint density at radius 1 is 1.38 bits per heavy atom.